The van der Waals surface area contributed by atoms with E-state index in [1.165, 1.54) is 0 Å². The van der Waals surface area contributed by atoms with E-state index in [0.717, 1.165) is 41.2 Å². The summed E-state index contributed by atoms with van der Waals surface area (Å²) < 4.78 is 34.1. The van der Waals surface area contributed by atoms with Crippen molar-refractivity contribution in [3.8, 4) is 23.3 Å². The van der Waals surface area contributed by atoms with Gasteiger partial charge in [0.25, 0.3) is 0 Å². The van der Waals surface area contributed by atoms with E-state index in [4.69, 9.17) is 33.7 Å². The summed E-state index contributed by atoms with van der Waals surface area (Å²) >= 11 is 0. The number of hydrogen-bond acceptors (Lipinski definition) is 10. The first-order chi connectivity index (χ1) is 23.3. The Labute approximate surface area is 281 Å². The average Bonchev–Trinajstić information content (AvgIpc) is 3.83. The van der Waals surface area contributed by atoms with Crippen LogP contribution in [0.25, 0.3) is 0 Å². The fraction of sp³-hybridized carbons (Fsp3) is 0.459. The number of alkyl carbamates (subject to hydrolysis) is 1. The number of carbonyl (C=O) groups is 1. The van der Waals surface area contributed by atoms with Crippen molar-refractivity contribution in [3.05, 3.63) is 89.0 Å². The number of rotatable bonds is 14. The molecule has 254 valence electrons. The van der Waals surface area contributed by atoms with Crippen LogP contribution in [0.1, 0.15) is 42.5 Å². The Kier molecular flexibility index (Phi) is 11.0. The zero-order valence-corrected chi connectivity index (χ0v) is 27.4. The summed E-state index contributed by atoms with van der Waals surface area (Å²) in [6.07, 6.45) is -1.07. The zero-order chi connectivity index (χ0) is 33.5. The number of fused-ring (bicyclic) bond motifs is 2. The van der Waals surface area contributed by atoms with Gasteiger partial charge in [0.15, 0.2) is 17.8 Å². The minimum Gasteiger partial charge on any atom is -0.489 e. The quantitative estimate of drug-likeness (QED) is 0.250. The van der Waals surface area contributed by atoms with Crippen LogP contribution in [-0.4, -0.2) is 73.7 Å². The zero-order valence-electron chi connectivity index (χ0n) is 27.4. The van der Waals surface area contributed by atoms with Gasteiger partial charge in [0.1, 0.15) is 18.5 Å². The van der Waals surface area contributed by atoms with Crippen LogP contribution in [0.5, 0.6) is 17.2 Å². The minimum absolute atomic E-state index is 0.0131. The summed E-state index contributed by atoms with van der Waals surface area (Å²) in [5.41, 5.74) is 3.52. The molecule has 0 bridgehead atoms. The van der Waals surface area contributed by atoms with Gasteiger partial charge in [-0.2, -0.15) is 5.26 Å². The molecule has 3 heterocycles. The third kappa shape index (κ3) is 8.76. The van der Waals surface area contributed by atoms with Gasteiger partial charge in [-0.25, -0.2) is 4.79 Å². The lowest BCUT2D eigenvalue weighted by Gasteiger charge is -2.31. The number of nitrogens with one attached hydrogen (secondary N) is 1. The molecule has 11 heteroatoms. The van der Waals surface area contributed by atoms with E-state index in [0.29, 0.717) is 50.0 Å². The molecule has 0 spiro atoms. The molecule has 3 aliphatic rings. The highest BCUT2D eigenvalue weighted by Gasteiger charge is 2.44. The van der Waals surface area contributed by atoms with Crippen molar-refractivity contribution in [2.24, 2.45) is 11.8 Å². The number of amides is 1. The lowest BCUT2D eigenvalue weighted by Crippen LogP contribution is -2.50. The number of carbonyl (C=O) groups excluding carboxylic acids is 1. The van der Waals surface area contributed by atoms with E-state index >= 15 is 0 Å². The lowest BCUT2D eigenvalue weighted by molar-refractivity contribution is -0.0907. The average molecular weight is 658 g/mol. The van der Waals surface area contributed by atoms with Gasteiger partial charge in [0, 0.05) is 19.6 Å². The Morgan fingerprint density at radius 3 is 2.52 bits per heavy atom. The van der Waals surface area contributed by atoms with Crippen LogP contribution < -0.4 is 19.5 Å². The summed E-state index contributed by atoms with van der Waals surface area (Å²) in [6.45, 7) is 7.40. The topological polar surface area (TPSA) is 132 Å². The molecular weight excluding hydrogens is 614 g/mol. The molecule has 6 rings (SSSR count). The Hall–Kier alpha value is -4.34. The standard InChI is InChI=1S/C37H43N3O8/c1-24(2)18-40(19-28-9-12-33-34(16-28)47-23-46-33)20-32(41)31(39-37(42)48-35-22-45-36-30(35)13-14-43-36)15-25-7-10-29(11-8-25)44-21-27-5-3-26(17-38)4-6-27/h3-12,16,24,30-32,35-36,41H,13-15,18-23H2,1-2H3,(H,39,42). The Morgan fingerprint density at radius 1 is 1.00 bits per heavy atom. The molecule has 3 aliphatic heterocycles. The maximum Gasteiger partial charge on any atom is 0.407 e. The van der Waals surface area contributed by atoms with E-state index in [2.05, 4.69) is 30.1 Å². The van der Waals surface area contributed by atoms with Crippen LogP contribution in [0.15, 0.2) is 66.7 Å². The summed E-state index contributed by atoms with van der Waals surface area (Å²) in [7, 11) is 0. The van der Waals surface area contributed by atoms with Crippen LogP contribution in [0.4, 0.5) is 4.79 Å². The normalized spacial score (nSPS) is 20.7. The van der Waals surface area contributed by atoms with Crippen LogP contribution >= 0.6 is 0 Å². The molecule has 0 aromatic heterocycles. The second kappa shape index (κ2) is 15.7. The number of hydrogen-bond donors (Lipinski definition) is 2. The summed E-state index contributed by atoms with van der Waals surface area (Å²) in [4.78, 5) is 15.4. The molecule has 2 fully saturated rings. The fourth-order valence-electron chi connectivity index (χ4n) is 6.38. The first kappa shape index (κ1) is 33.6. The first-order valence-electron chi connectivity index (χ1n) is 16.5. The third-order valence-corrected chi connectivity index (χ3v) is 8.79. The predicted octanol–water partition coefficient (Wildman–Crippen LogP) is 4.78. The largest absolute Gasteiger partial charge is 0.489 e. The van der Waals surface area contributed by atoms with Gasteiger partial charge < -0.3 is 38.8 Å². The second-order valence-electron chi connectivity index (χ2n) is 13.0. The van der Waals surface area contributed by atoms with E-state index < -0.39 is 24.3 Å². The van der Waals surface area contributed by atoms with Crippen molar-refractivity contribution in [3.63, 3.8) is 0 Å². The van der Waals surface area contributed by atoms with Crippen LogP contribution in [0.3, 0.4) is 0 Å². The molecule has 3 aromatic rings. The third-order valence-electron chi connectivity index (χ3n) is 8.79. The molecule has 5 unspecified atom stereocenters. The van der Waals surface area contributed by atoms with Crippen molar-refractivity contribution >= 4 is 6.09 Å². The van der Waals surface area contributed by atoms with Gasteiger partial charge in [-0.3, -0.25) is 4.90 Å². The first-order valence-corrected chi connectivity index (χ1v) is 16.5. The molecular formula is C37H43N3O8. The molecule has 48 heavy (non-hydrogen) atoms. The summed E-state index contributed by atoms with van der Waals surface area (Å²) in [5, 5.41) is 23.7. The lowest BCUT2D eigenvalue weighted by atomic mass is 10.00. The highest BCUT2D eigenvalue weighted by molar-refractivity contribution is 5.68. The number of nitriles is 1. The van der Waals surface area contributed by atoms with Gasteiger partial charge in [-0.15, -0.1) is 0 Å². The Balaban J connectivity index is 1.12. The highest BCUT2D eigenvalue weighted by atomic mass is 16.7. The minimum atomic E-state index is -0.903. The van der Waals surface area contributed by atoms with Crippen LogP contribution in [-0.2, 0) is 33.8 Å². The van der Waals surface area contributed by atoms with Gasteiger partial charge >= 0.3 is 6.09 Å². The highest BCUT2D eigenvalue weighted by Crippen LogP contribution is 2.34. The Morgan fingerprint density at radius 2 is 1.75 bits per heavy atom. The van der Waals surface area contributed by atoms with E-state index in [1.54, 1.807) is 12.1 Å². The van der Waals surface area contributed by atoms with Crippen molar-refractivity contribution in [2.75, 3.05) is 33.1 Å². The van der Waals surface area contributed by atoms with Crippen molar-refractivity contribution in [1.29, 1.82) is 5.26 Å². The molecule has 11 nitrogen and oxygen atoms in total. The van der Waals surface area contributed by atoms with E-state index in [-0.39, 0.29) is 25.6 Å². The number of nitrogens with zero attached hydrogens (tertiary/aromatic N) is 2. The molecule has 0 saturated carbocycles. The number of aliphatic hydroxyl groups is 1. The SMILES string of the molecule is CC(C)CN(Cc1ccc2c(c1)OCO2)CC(O)C(Cc1ccc(OCc2ccc(C#N)cc2)cc1)NC(=O)OC1COC2OCCC12. The monoisotopic (exact) mass is 657 g/mol. The van der Waals surface area contributed by atoms with E-state index in [1.807, 2.05) is 54.6 Å². The summed E-state index contributed by atoms with van der Waals surface area (Å²) in [5.74, 6) is 2.50. The van der Waals surface area contributed by atoms with Crippen molar-refractivity contribution < 1.29 is 38.3 Å². The number of aliphatic hydroxyl groups excluding tert-OH is 1. The van der Waals surface area contributed by atoms with Gasteiger partial charge in [-0.05, 0) is 71.8 Å². The maximum atomic E-state index is 13.3. The smallest absolute Gasteiger partial charge is 0.407 e. The molecule has 3 aromatic carbocycles. The van der Waals surface area contributed by atoms with Gasteiger partial charge in [-0.1, -0.05) is 44.2 Å². The van der Waals surface area contributed by atoms with E-state index in [9.17, 15) is 9.90 Å². The molecule has 0 aliphatic carbocycles. The van der Waals surface area contributed by atoms with Crippen LogP contribution in [0.2, 0.25) is 0 Å². The summed E-state index contributed by atoms with van der Waals surface area (Å²) in [6, 6.07) is 22.3. The van der Waals surface area contributed by atoms with Crippen molar-refractivity contribution in [1.82, 2.24) is 10.2 Å². The molecule has 1 amide bonds. The molecule has 2 saturated heterocycles. The van der Waals surface area contributed by atoms with Gasteiger partial charge in [0.05, 0.1) is 42.9 Å². The van der Waals surface area contributed by atoms with Crippen LogP contribution in [0, 0.1) is 23.2 Å². The second-order valence-corrected chi connectivity index (χ2v) is 13.0. The van der Waals surface area contributed by atoms with Gasteiger partial charge in [0.2, 0.25) is 6.79 Å². The molecule has 0 radical (unpaired) electrons. The van der Waals surface area contributed by atoms with Crippen molar-refractivity contribution in [2.45, 2.75) is 64.4 Å². The Bertz CT molecular complexity index is 1560. The molecule has 2 N–H and O–H groups in total. The number of benzene rings is 3. The molecule has 5 atom stereocenters. The fourth-order valence-corrected chi connectivity index (χ4v) is 6.38. The number of ether oxygens (including phenoxy) is 6. The maximum absolute atomic E-state index is 13.3. The predicted molar refractivity (Wildman–Crippen MR) is 175 cm³/mol.